The van der Waals surface area contributed by atoms with Crippen LogP contribution in [0, 0.1) is 0 Å². The van der Waals surface area contributed by atoms with E-state index in [0.717, 1.165) is 0 Å². The summed E-state index contributed by atoms with van der Waals surface area (Å²) in [5, 5.41) is 0. The molecule has 0 fully saturated rings. The van der Waals surface area contributed by atoms with Crippen LogP contribution in [0.2, 0.25) is 0 Å². The van der Waals surface area contributed by atoms with Gasteiger partial charge in [-0.1, -0.05) is 0 Å². The predicted octanol–water partition coefficient (Wildman–Crippen LogP) is 0.890. The molecule has 0 aliphatic rings. The number of carbonyl (C=O) groups is 1. The van der Waals surface area contributed by atoms with Gasteiger partial charge in [-0.2, -0.15) is 0 Å². The number of carbonyl (C=O) groups excluding carboxylic acids is 1. The minimum atomic E-state index is -0.552. The van der Waals surface area contributed by atoms with Crippen LogP contribution in [-0.4, -0.2) is 27.5 Å². The molecular weight excluding hydrogens is 224 g/mol. The van der Waals surface area contributed by atoms with Crippen molar-refractivity contribution < 1.29 is 13.9 Å². The molecule has 0 spiro atoms. The Morgan fingerprint density at radius 2 is 2.35 bits per heavy atom. The predicted molar refractivity (Wildman–Crippen MR) is 57.9 cm³/mol. The Bertz CT molecular complexity index is 524. The lowest BCUT2D eigenvalue weighted by Crippen LogP contribution is -2.10. The first-order chi connectivity index (χ1) is 8.22. The standard InChI is InChI=1S/C10H10N4O3/c1-2-16-10(15)6-5-13-8(14-7(6)11)9-12-3-4-17-9/h3-5H,2H2,1H3,(H2,11,13,14). The van der Waals surface area contributed by atoms with Gasteiger partial charge in [0.05, 0.1) is 12.8 Å². The third-order valence-corrected chi connectivity index (χ3v) is 1.94. The summed E-state index contributed by atoms with van der Waals surface area (Å²) >= 11 is 0. The van der Waals surface area contributed by atoms with E-state index in [2.05, 4.69) is 15.0 Å². The van der Waals surface area contributed by atoms with Gasteiger partial charge in [0.2, 0.25) is 5.82 Å². The van der Waals surface area contributed by atoms with Crippen molar-refractivity contribution in [2.24, 2.45) is 0 Å². The van der Waals surface area contributed by atoms with E-state index in [4.69, 9.17) is 14.9 Å². The summed E-state index contributed by atoms with van der Waals surface area (Å²) in [6.07, 6.45) is 4.15. The highest BCUT2D eigenvalue weighted by Gasteiger charge is 2.15. The number of oxazole rings is 1. The van der Waals surface area contributed by atoms with Crippen molar-refractivity contribution in [3.63, 3.8) is 0 Å². The summed E-state index contributed by atoms with van der Waals surface area (Å²) < 4.78 is 9.82. The van der Waals surface area contributed by atoms with Gasteiger partial charge >= 0.3 is 5.97 Å². The van der Waals surface area contributed by atoms with Gasteiger partial charge in [-0.15, -0.1) is 0 Å². The molecule has 17 heavy (non-hydrogen) atoms. The molecule has 0 aliphatic carbocycles. The fourth-order valence-electron chi connectivity index (χ4n) is 1.20. The maximum atomic E-state index is 11.4. The molecule has 2 heterocycles. The molecule has 0 bridgehead atoms. The van der Waals surface area contributed by atoms with Crippen LogP contribution < -0.4 is 5.73 Å². The van der Waals surface area contributed by atoms with Crippen molar-refractivity contribution in [2.75, 3.05) is 12.3 Å². The number of rotatable bonds is 3. The number of ether oxygens (including phenoxy) is 1. The van der Waals surface area contributed by atoms with Crippen molar-refractivity contribution in [2.45, 2.75) is 6.92 Å². The van der Waals surface area contributed by atoms with E-state index in [1.807, 2.05) is 0 Å². The Kier molecular flexibility index (Phi) is 2.99. The van der Waals surface area contributed by atoms with E-state index >= 15 is 0 Å². The van der Waals surface area contributed by atoms with Gasteiger partial charge in [0, 0.05) is 6.20 Å². The maximum Gasteiger partial charge on any atom is 0.343 e. The number of aromatic nitrogens is 3. The summed E-state index contributed by atoms with van der Waals surface area (Å²) in [7, 11) is 0. The Balaban J connectivity index is 2.32. The molecule has 88 valence electrons. The molecule has 2 rings (SSSR count). The van der Waals surface area contributed by atoms with Gasteiger partial charge in [-0.05, 0) is 6.92 Å². The molecule has 2 N–H and O–H groups in total. The third kappa shape index (κ3) is 2.22. The first kappa shape index (κ1) is 11.1. The molecule has 2 aromatic heterocycles. The van der Waals surface area contributed by atoms with Crippen molar-refractivity contribution in [1.82, 2.24) is 15.0 Å². The highest BCUT2D eigenvalue weighted by atomic mass is 16.5. The van der Waals surface area contributed by atoms with Crippen LogP contribution in [0.1, 0.15) is 17.3 Å². The Labute approximate surface area is 96.7 Å². The molecule has 2 aromatic rings. The van der Waals surface area contributed by atoms with Crippen LogP contribution in [0.3, 0.4) is 0 Å². The molecule has 0 unspecified atom stereocenters. The van der Waals surface area contributed by atoms with Crippen LogP contribution >= 0.6 is 0 Å². The molecule has 0 aliphatic heterocycles. The third-order valence-electron chi connectivity index (χ3n) is 1.94. The second kappa shape index (κ2) is 4.60. The van der Waals surface area contributed by atoms with Crippen LogP contribution in [0.25, 0.3) is 11.7 Å². The Morgan fingerprint density at radius 1 is 1.53 bits per heavy atom. The summed E-state index contributed by atoms with van der Waals surface area (Å²) in [6.45, 7) is 1.97. The Hall–Kier alpha value is -2.44. The fourth-order valence-corrected chi connectivity index (χ4v) is 1.20. The average molecular weight is 234 g/mol. The van der Waals surface area contributed by atoms with E-state index in [0.29, 0.717) is 0 Å². The zero-order valence-corrected chi connectivity index (χ0v) is 9.08. The maximum absolute atomic E-state index is 11.4. The SMILES string of the molecule is CCOC(=O)c1cnc(-c2ncco2)nc1N. The van der Waals surface area contributed by atoms with Crippen molar-refractivity contribution in [3.05, 3.63) is 24.2 Å². The van der Waals surface area contributed by atoms with Crippen LogP contribution in [0.5, 0.6) is 0 Å². The van der Waals surface area contributed by atoms with Crippen molar-refractivity contribution >= 4 is 11.8 Å². The van der Waals surface area contributed by atoms with Gasteiger partial charge in [0.1, 0.15) is 17.6 Å². The van der Waals surface area contributed by atoms with Gasteiger partial charge < -0.3 is 14.9 Å². The number of hydrogen-bond acceptors (Lipinski definition) is 7. The summed E-state index contributed by atoms with van der Waals surface area (Å²) in [6, 6.07) is 0. The molecule has 7 nitrogen and oxygen atoms in total. The molecule has 0 amide bonds. The van der Waals surface area contributed by atoms with Gasteiger partial charge in [0.15, 0.2) is 0 Å². The van der Waals surface area contributed by atoms with Crippen LogP contribution in [0.4, 0.5) is 5.82 Å². The lowest BCUT2D eigenvalue weighted by atomic mass is 10.3. The summed E-state index contributed by atoms with van der Waals surface area (Å²) in [4.78, 5) is 23.2. The molecule has 0 aromatic carbocycles. The van der Waals surface area contributed by atoms with E-state index in [9.17, 15) is 4.79 Å². The molecule has 0 saturated heterocycles. The van der Waals surface area contributed by atoms with Gasteiger partial charge in [-0.3, -0.25) is 0 Å². The lowest BCUT2D eigenvalue weighted by molar-refractivity contribution is 0.0527. The first-order valence-corrected chi connectivity index (χ1v) is 4.92. The molecule has 0 radical (unpaired) electrons. The Morgan fingerprint density at radius 3 is 2.94 bits per heavy atom. The zero-order chi connectivity index (χ0) is 12.3. The second-order valence-electron chi connectivity index (χ2n) is 3.05. The van der Waals surface area contributed by atoms with E-state index in [1.54, 1.807) is 6.92 Å². The topological polar surface area (TPSA) is 104 Å². The van der Waals surface area contributed by atoms with Crippen LogP contribution in [0.15, 0.2) is 23.1 Å². The smallest absolute Gasteiger partial charge is 0.343 e. The van der Waals surface area contributed by atoms with E-state index in [1.165, 1.54) is 18.7 Å². The minimum Gasteiger partial charge on any atom is -0.462 e. The van der Waals surface area contributed by atoms with E-state index < -0.39 is 5.97 Å². The monoisotopic (exact) mass is 234 g/mol. The summed E-state index contributed by atoms with van der Waals surface area (Å²) in [5.41, 5.74) is 5.76. The van der Waals surface area contributed by atoms with Crippen molar-refractivity contribution in [1.29, 1.82) is 0 Å². The minimum absolute atomic E-state index is 0.0339. The largest absolute Gasteiger partial charge is 0.462 e. The second-order valence-corrected chi connectivity index (χ2v) is 3.05. The number of anilines is 1. The highest BCUT2D eigenvalue weighted by Crippen LogP contribution is 2.16. The molecule has 0 atom stereocenters. The molecule has 7 heteroatoms. The van der Waals surface area contributed by atoms with Gasteiger partial charge in [0.25, 0.3) is 5.89 Å². The van der Waals surface area contributed by atoms with E-state index in [-0.39, 0.29) is 29.7 Å². The quantitative estimate of drug-likeness (QED) is 0.786. The van der Waals surface area contributed by atoms with Gasteiger partial charge in [-0.25, -0.2) is 19.7 Å². The summed E-state index contributed by atoms with van der Waals surface area (Å²) in [5.74, 6) is -0.0525. The average Bonchev–Trinajstić information content (AvgIpc) is 2.82. The molecule has 0 saturated carbocycles. The van der Waals surface area contributed by atoms with Crippen molar-refractivity contribution in [3.8, 4) is 11.7 Å². The highest BCUT2D eigenvalue weighted by molar-refractivity contribution is 5.93. The lowest BCUT2D eigenvalue weighted by Gasteiger charge is -2.04. The number of esters is 1. The van der Waals surface area contributed by atoms with Crippen LogP contribution in [-0.2, 0) is 4.74 Å². The zero-order valence-electron chi connectivity index (χ0n) is 9.08. The number of nitrogens with two attached hydrogens (primary N) is 1. The molecular formula is C10H10N4O3. The fraction of sp³-hybridized carbons (Fsp3) is 0.200. The normalized spacial score (nSPS) is 10.2. The first-order valence-electron chi connectivity index (χ1n) is 4.92. The number of hydrogen-bond donors (Lipinski definition) is 1. The number of nitrogen functional groups attached to an aromatic ring is 1. The number of nitrogens with zero attached hydrogens (tertiary/aromatic N) is 3.